The molecule has 102 valence electrons. The second-order valence-electron chi connectivity index (χ2n) is 7.46. The van der Waals surface area contributed by atoms with E-state index < -0.39 is 5.60 Å². The lowest BCUT2D eigenvalue weighted by Crippen LogP contribution is -2.42. The molecule has 0 aromatic rings. The lowest BCUT2D eigenvalue weighted by Gasteiger charge is -2.42. The molecule has 1 fully saturated rings. The molecule has 1 N–H and O–H groups in total. The molecule has 17 heavy (non-hydrogen) atoms. The predicted octanol–water partition coefficient (Wildman–Crippen LogP) is 4.78. The highest BCUT2D eigenvalue weighted by Crippen LogP contribution is 2.47. The SMILES string of the molecule is CC[C@@]1(C)CC[C@@](C)(O)C(C)(C)CCC[C@H]1C. The summed E-state index contributed by atoms with van der Waals surface area (Å²) in [6, 6.07) is 0. The highest BCUT2D eigenvalue weighted by molar-refractivity contribution is 4.93. The van der Waals surface area contributed by atoms with Crippen LogP contribution in [0, 0.1) is 16.7 Å². The van der Waals surface area contributed by atoms with Gasteiger partial charge in [0.1, 0.15) is 0 Å². The van der Waals surface area contributed by atoms with Crippen molar-refractivity contribution in [2.24, 2.45) is 16.7 Å². The van der Waals surface area contributed by atoms with E-state index in [1.54, 1.807) is 0 Å². The van der Waals surface area contributed by atoms with Crippen molar-refractivity contribution in [3.8, 4) is 0 Å². The third-order valence-corrected chi connectivity index (χ3v) is 6.08. The Morgan fingerprint density at radius 2 is 1.65 bits per heavy atom. The van der Waals surface area contributed by atoms with Crippen LogP contribution in [0.4, 0.5) is 0 Å². The van der Waals surface area contributed by atoms with Crippen LogP contribution in [0.15, 0.2) is 0 Å². The summed E-state index contributed by atoms with van der Waals surface area (Å²) in [5, 5.41) is 10.7. The van der Waals surface area contributed by atoms with Crippen LogP contribution in [-0.4, -0.2) is 10.7 Å². The van der Waals surface area contributed by atoms with Gasteiger partial charge in [0.05, 0.1) is 5.60 Å². The summed E-state index contributed by atoms with van der Waals surface area (Å²) in [6.07, 6.45) is 7.02. The summed E-state index contributed by atoms with van der Waals surface area (Å²) < 4.78 is 0. The molecule has 0 saturated heterocycles. The normalized spacial score (nSPS) is 43.6. The van der Waals surface area contributed by atoms with Gasteiger partial charge in [-0.1, -0.05) is 53.9 Å². The van der Waals surface area contributed by atoms with Gasteiger partial charge in [0, 0.05) is 0 Å². The van der Waals surface area contributed by atoms with Gasteiger partial charge in [0.2, 0.25) is 0 Å². The molecule has 0 spiro atoms. The Morgan fingerprint density at radius 3 is 2.18 bits per heavy atom. The Kier molecular flexibility index (Phi) is 4.34. The van der Waals surface area contributed by atoms with Crippen molar-refractivity contribution >= 4 is 0 Å². The van der Waals surface area contributed by atoms with Gasteiger partial charge in [0.15, 0.2) is 0 Å². The first kappa shape index (κ1) is 15.0. The Balaban J connectivity index is 2.91. The van der Waals surface area contributed by atoms with Gasteiger partial charge >= 0.3 is 0 Å². The van der Waals surface area contributed by atoms with Crippen LogP contribution in [0.5, 0.6) is 0 Å². The molecule has 0 unspecified atom stereocenters. The lowest BCUT2D eigenvalue weighted by atomic mass is 9.68. The van der Waals surface area contributed by atoms with Crippen LogP contribution in [0.25, 0.3) is 0 Å². The van der Waals surface area contributed by atoms with Crippen LogP contribution in [0.2, 0.25) is 0 Å². The van der Waals surface area contributed by atoms with Gasteiger partial charge in [0.25, 0.3) is 0 Å². The van der Waals surface area contributed by atoms with E-state index in [0.717, 1.165) is 25.2 Å². The minimum absolute atomic E-state index is 0.0473. The maximum Gasteiger partial charge on any atom is 0.0670 e. The molecule has 1 aliphatic rings. The van der Waals surface area contributed by atoms with E-state index in [4.69, 9.17) is 0 Å². The molecule has 0 aliphatic heterocycles. The first-order valence-electron chi connectivity index (χ1n) is 7.37. The van der Waals surface area contributed by atoms with Crippen molar-refractivity contribution in [3.63, 3.8) is 0 Å². The standard InChI is InChI=1S/C16H32O/c1-7-15(5)11-12-16(6,17)14(3,4)10-8-9-13(15)2/h13,17H,7-12H2,1-6H3/t13-,15+,16-/m1/s1. The van der Waals surface area contributed by atoms with Crippen LogP contribution in [0.3, 0.4) is 0 Å². The molecular weight excluding hydrogens is 208 g/mol. The number of aliphatic hydroxyl groups is 1. The second-order valence-corrected chi connectivity index (χ2v) is 7.46. The Labute approximate surface area is 108 Å². The van der Waals surface area contributed by atoms with E-state index in [0.29, 0.717) is 5.41 Å². The quantitative estimate of drug-likeness (QED) is 0.699. The second kappa shape index (κ2) is 4.91. The molecule has 1 heteroatoms. The van der Waals surface area contributed by atoms with Crippen LogP contribution < -0.4 is 0 Å². The van der Waals surface area contributed by atoms with E-state index in [1.165, 1.54) is 19.3 Å². The van der Waals surface area contributed by atoms with E-state index in [-0.39, 0.29) is 5.41 Å². The van der Waals surface area contributed by atoms with Crippen molar-refractivity contribution < 1.29 is 5.11 Å². The van der Waals surface area contributed by atoms with E-state index >= 15 is 0 Å². The van der Waals surface area contributed by atoms with Crippen molar-refractivity contribution in [2.45, 2.75) is 85.7 Å². The van der Waals surface area contributed by atoms with Crippen LogP contribution >= 0.6 is 0 Å². The highest BCUT2D eigenvalue weighted by Gasteiger charge is 2.42. The summed E-state index contributed by atoms with van der Waals surface area (Å²) in [7, 11) is 0. The van der Waals surface area contributed by atoms with Gasteiger partial charge in [-0.15, -0.1) is 0 Å². The first-order chi connectivity index (χ1) is 7.65. The van der Waals surface area contributed by atoms with Crippen molar-refractivity contribution in [1.82, 2.24) is 0 Å². The molecule has 0 amide bonds. The van der Waals surface area contributed by atoms with Gasteiger partial charge in [-0.2, -0.15) is 0 Å². The zero-order chi connectivity index (χ0) is 13.3. The maximum atomic E-state index is 10.7. The summed E-state index contributed by atoms with van der Waals surface area (Å²) in [6.45, 7) is 13.6. The summed E-state index contributed by atoms with van der Waals surface area (Å²) in [4.78, 5) is 0. The average molecular weight is 240 g/mol. The van der Waals surface area contributed by atoms with Crippen molar-refractivity contribution in [1.29, 1.82) is 0 Å². The predicted molar refractivity (Wildman–Crippen MR) is 75.1 cm³/mol. The maximum absolute atomic E-state index is 10.7. The fourth-order valence-corrected chi connectivity index (χ4v) is 3.11. The highest BCUT2D eigenvalue weighted by atomic mass is 16.3. The van der Waals surface area contributed by atoms with E-state index in [9.17, 15) is 5.11 Å². The molecular formula is C16H32O. The average Bonchev–Trinajstić information content (AvgIpc) is 2.26. The molecule has 1 saturated carbocycles. The molecule has 0 aromatic heterocycles. The Bertz CT molecular complexity index is 249. The third kappa shape index (κ3) is 3.05. The minimum Gasteiger partial charge on any atom is -0.390 e. The summed E-state index contributed by atoms with van der Waals surface area (Å²) in [5.41, 5.74) is -0.0659. The summed E-state index contributed by atoms with van der Waals surface area (Å²) >= 11 is 0. The van der Waals surface area contributed by atoms with Crippen molar-refractivity contribution in [3.05, 3.63) is 0 Å². The Morgan fingerprint density at radius 1 is 1.06 bits per heavy atom. The number of hydrogen-bond donors (Lipinski definition) is 1. The fraction of sp³-hybridized carbons (Fsp3) is 1.00. The van der Waals surface area contributed by atoms with E-state index in [2.05, 4.69) is 34.6 Å². The minimum atomic E-state index is -0.520. The molecule has 3 atom stereocenters. The molecule has 0 radical (unpaired) electrons. The molecule has 1 rings (SSSR count). The number of rotatable bonds is 1. The molecule has 0 bridgehead atoms. The van der Waals surface area contributed by atoms with Crippen LogP contribution in [0.1, 0.15) is 80.1 Å². The smallest absolute Gasteiger partial charge is 0.0670 e. The van der Waals surface area contributed by atoms with E-state index in [1.807, 2.05) is 6.92 Å². The van der Waals surface area contributed by atoms with Gasteiger partial charge in [-0.25, -0.2) is 0 Å². The number of hydrogen-bond acceptors (Lipinski definition) is 1. The zero-order valence-electron chi connectivity index (χ0n) is 12.8. The molecule has 1 nitrogen and oxygen atoms in total. The fourth-order valence-electron chi connectivity index (χ4n) is 3.11. The zero-order valence-corrected chi connectivity index (χ0v) is 12.8. The topological polar surface area (TPSA) is 20.2 Å². The summed E-state index contributed by atoms with van der Waals surface area (Å²) in [5.74, 6) is 0.775. The van der Waals surface area contributed by atoms with Gasteiger partial charge in [-0.05, 0) is 42.9 Å². The third-order valence-electron chi connectivity index (χ3n) is 6.08. The molecule has 0 aromatic carbocycles. The monoisotopic (exact) mass is 240 g/mol. The van der Waals surface area contributed by atoms with Crippen LogP contribution in [-0.2, 0) is 0 Å². The lowest BCUT2D eigenvalue weighted by molar-refractivity contribution is -0.0680. The van der Waals surface area contributed by atoms with Gasteiger partial charge < -0.3 is 5.11 Å². The van der Waals surface area contributed by atoms with Crippen molar-refractivity contribution in [2.75, 3.05) is 0 Å². The molecule has 1 aliphatic carbocycles. The van der Waals surface area contributed by atoms with Gasteiger partial charge in [-0.3, -0.25) is 0 Å². The largest absolute Gasteiger partial charge is 0.390 e. The molecule has 0 heterocycles. The first-order valence-corrected chi connectivity index (χ1v) is 7.37. The Hall–Kier alpha value is -0.0400.